The molecule has 2 aliphatic rings. The van der Waals surface area contributed by atoms with Crippen molar-refractivity contribution in [3.63, 3.8) is 0 Å². The topological polar surface area (TPSA) is 103 Å². The first-order chi connectivity index (χ1) is 11.0. The minimum atomic E-state index is -1.55. The highest BCUT2D eigenvalue weighted by atomic mass is 16.6. The van der Waals surface area contributed by atoms with Crippen molar-refractivity contribution in [3.05, 3.63) is 29.8 Å². The maximum absolute atomic E-state index is 12.3. The maximum Gasteiger partial charge on any atom is 0.318 e. The fourth-order valence-corrected chi connectivity index (χ4v) is 3.10. The SMILES string of the molecule is COC(=O)C[C@]12NC(=O)N[C@H](c3ccccc3O1)[C@H]2C(=O)OC. The van der Waals surface area contributed by atoms with Crippen molar-refractivity contribution >= 4 is 18.0 Å². The minimum Gasteiger partial charge on any atom is -0.469 e. The van der Waals surface area contributed by atoms with Crippen molar-refractivity contribution < 1.29 is 28.6 Å². The third-order valence-corrected chi connectivity index (χ3v) is 4.08. The van der Waals surface area contributed by atoms with Crippen LogP contribution in [0.1, 0.15) is 18.0 Å². The number of ether oxygens (including phenoxy) is 3. The molecule has 3 atom stereocenters. The van der Waals surface area contributed by atoms with E-state index in [0.717, 1.165) is 0 Å². The number of amides is 2. The number of carbonyl (C=O) groups is 3. The third kappa shape index (κ3) is 2.36. The van der Waals surface area contributed by atoms with Crippen LogP contribution in [0.25, 0.3) is 0 Å². The van der Waals surface area contributed by atoms with E-state index in [-0.39, 0.29) is 6.42 Å². The smallest absolute Gasteiger partial charge is 0.318 e. The fourth-order valence-electron chi connectivity index (χ4n) is 3.10. The van der Waals surface area contributed by atoms with Crippen molar-refractivity contribution in [1.29, 1.82) is 0 Å². The Balaban J connectivity index is 2.14. The van der Waals surface area contributed by atoms with Gasteiger partial charge in [0.2, 0.25) is 5.72 Å². The number of esters is 2. The molecule has 1 fully saturated rings. The Labute approximate surface area is 132 Å². The first kappa shape index (κ1) is 15.1. The number of hydrogen-bond acceptors (Lipinski definition) is 6. The number of fused-ring (bicyclic) bond motifs is 4. The molecule has 1 aromatic carbocycles. The largest absolute Gasteiger partial charge is 0.469 e. The number of carbonyl (C=O) groups excluding carboxylic acids is 3. The second-order valence-electron chi connectivity index (χ2n) is 5.36. The molecule has 2 heterocycles. The predicted molar refractivity (Wildman–Crippen MR) is 76.3 cm³/mol. The third-order valence-electron chi connectivity index (χ3n) is 4.08. The van der Waals surface area contributed by atoms with Crippen LogP contribution in [0.15, 0.2) is 24.3 Å². The molecule has 8 nitrogen and oxygen atoms in total. The van der Waals surface area contributed by atoms with Crippen LogP contribution in [-0.4, -0.2) is 37.9 Å². The van der Waals surface area contributed by atoms with Gasteiger partial charge in [0.25, 0.3) is 0 Å². The molecular formula is C15H16N2O6. The molecule has 0 saturated carbocycles. The zero-order chi connectivity index (χ0) is 16.6. The van der Waals surface area contributed by atoms with Gasteiger partial charge in [-0.25, -0.2) is 4.79 Å². The number of nitrogens with one attached hydrogen (secondary N) is 2. The molecule has 1 aromatic rings. The van der Waals surface area contributed by atoms with Crippen LogP contribution < -0.4 is 15.4 Å². The Morgan fingerprint density at radius 3 is 2.70 bits per heavy atom. The summed E-state index contributed by atoms with van der Waals surface area (Å²) in [4.78, 5) is 36.2. The van der Waals surface area contributed by atoms with Gasteiger partial charge in [-0.05, 0) is 6.07 Å². The minimum absolute atomic E-state index is 0.318. The van der Waals surface area contributed by atoms with Crippen molar-refractivity contribution in [1.82, 2.24) is 10.6 Å². The number of rotatable bonds is 3. The number of benzene rings is 1. The van der Waals surface area contributed by atoms with Gasteiger partial charge in [0.1, 0.15) is 18.1 Å². The van der Waals surface area contributed by atoms with Crippen LogP contribution in [0.4, 0.5) is 4.79 Å². The monoisotopic (exact) mass is 320 g/mol. The van der Waals surface area contributed by atoms with Crippen molar-refractivity contribution in [2.45, 2.75) is 18.2 Å². The van der Waals surface area contributed by atoms with E-state index in [1.54, 1.807) is 24.3 Å². The molecule has 2 bridgehead atoms. The summed E-state index contributed by atoms with van der Waals surface area (Å²) in [5.41, 5.74) is -0.903. The number of para-hydroxylation sites is 1. The van der Waals surface area contributed by atoms with E-state index in [4.69, 9.17) is 9.47 Å². The first-order valence-electron chi connectivity index (χ1n) is 7.02. The molecule has 3 rings (SSSR count). The highest BCUT2D eigenvalue weighted by Gasteiger charge is 2.60. The molecule has 122 valence electrons. The molecular weight excluding hydrogens is 304 g/mol. The average Bonchev–Trinajstić information content (AvgIpc) is 2.53. The van der Waals surface area contributed by atoms with Crippen molar-refractivity contribution in [3.8, 4) is 5.75 Å². The zero-order valence-corrected chi connectivity index (χ0v) is 12.6. The van der Waals surface area contributed by atoms with Gasteiger partial charge in [0.15, 0.2) is 0 Å². The molecule has 0 aliphatic carbocycles. The Morgan fingerprint density at radius 2 is 2.00 bits per heavy atom. The van der Waals surface area contributed by atoms with Crippen LogP contribution in [0.3, 0.4) is 0 Å². The molecule has 0 spiro atoms. The normalized spacial score (nSPS) is 27.7. The van der Waals surface area contributed by atoms with Gasteiger partial charge < -0.3 is 19.5 Å². The molecule has 2 aliphatic heterocycles. The van der Waals surface area contributed by atoms with E-state index in [1.807, 2.05) is 0 Å². The lowest BCUT2D eigenvalue weighted by atomic mass is 9.78. The summed E-state index contributed by atoms with van der Waals surface area (Å²) in [6, 6.07) is 5.81. The molecule has 23 heavy (non-hydrogen) atoms. The summed E-state index contributed by atoms with van der Waals surface area (Å²) in [5, 5.41) is 5.26. The van der Waals surface area contributed by atoms with Gasteiger partial charge in [-0.2, -0.15) is 0 Å². The fraction of sp³-hybridized carbons (Fsp3) is 0.400. The Kier molecular flexibility index (Phi) is 3.59. The van der Waals surface area contributed by atoms with Gasteiger partial charge in [-0.3, -0.25) is 14.9 Å². The Bertz CT molecular complexity index is 676. The van der Waals surface area contributed by atoms with Crippen LogP contribution in [0.2, 0.25) is 0 Å². The van der Waals surface area contributed by atoms with Gasteiger partial charge >= 0.3 is 18.0 Å². The summed E-state index contributed by atoms with van der Waals surface area (Å²) in [6.45, 7) is 0. The van der Waals surface area contributed by atoms with Crippen molar-refractivity contribution in [2.24, 2.45) is 5.92 Å². The first-order valence-corrected chi connectivity index (χ1v) is 7.02. The number of urea groups is 1. The summed E-state index contributed by atoms with van der Waals surface area (Å²) in [5.74, 6) is -1.66. The molecule has 0 unspecified atom stereocenters. The number of hydrogen-bond donors (Lipinski definition) is 2. The predicted octanol–water partition coefficient (Wildman–Crippen LogP) is 0.481. The van der Waals surface area contributed by atoms with E-state index >= 15 is 0 Å². The maximum atomic E-state index is 12.3. The summed E-state index contributed by atoms with van der Waals surface area (Å²) in [7, 11) is 2.47. The van der Waals surface area contributed by atoms with E-state index < -0.39 is 35.7 Å². The van der Waals surface area contributed by atoms with E-state index in [9.17, 15) is 14.4 Å². The molecule has 0 radical (unpaired) electrons. The lowest BCUT2D eigenvalue weighted by Gasteiger charge is -2.50. The Hall–Kier alpha value is -2.77. The standard InChI is InChI=1S/C15H16N2O6/c1-21-10(18)7-15-11(13(19)22-2)12(16-14(20)17-15)8-5-3-4-6-9(8)23-15/h3-6,11-12H,7H2,1-2H3,(H2,16,17,20)/t11-,12+,15-/m0/s1. The quantitative estimate of drug-likeness (QED) is 0.785. The van der Waals surface area contributed by atoms with Gasteiger partial charge in [0, 0.05) is 5.56 Å². The molecule has 2 N–H and O–H groups in total. The second kappa shape index (κ2) is 5.45. The molecule has 8 heteroatoms. The molecule has 0 aromatic heterocycles. The summed E-state index contributed by atoms with van der Waals surface area (Å²) < 4.78 is 15.4. The second-order valence-corrected chi connectivity index (χ2v) is 5.36. The van der Waals surface area contributed by atoms with Crippen molar-refractivity contribution in [2.75, 3.05) is 14.2 Å². The highest BCUT2D eigenvalue weighted by molar-refractivity contribution is 5.86. The highest BCUT2D eigenvalue weighted by Crippen LogP contribution is 2.46. The van der Waals surface area contributed by atoms with Gasteiger partial charge in [0.05, 0.1) is 20.3 Å². The van der Waals surface area contributed by atoms with Crippen LogP contribution in [0.5, 0.6) is 5.75 Å². The van der Waals surface area contributed by atoms with E-state index in [1.165, 1.54) is 14.2 Å². The van der Waals surface area contributed by atoms with Crippen LogP contribution in [0, 0.1) is 5.92 Å². The van der Waals surface area contributed by atoms with Crippen LogP contribution >= 0.6 is 0 Å². The zero-order valence-electron chi connectivity index (χ0n) is 12.6. The lowest BCUT2D eigenvalue weighted by molar-refractivity contribution is -0.167. The van der Waals surface area contributed by atoms with E-state index in [2.05, 4.69) is 15.4 Å². The number of methoxy groups -OCH3 is 2. The Morgan fingerprint density at radius 1 is 1.26 bits per heavy atom. The van der Waals surface area contributed by atoms with Crippen LogP contribution in [-0.2, 0) is 19.1 Å². The summed E-state index contributed by atoms with van der Waals surface area (Å²) in [6.07, 6.45) is -0.318. The lowest BCUT2D eigenvalue weighted by Crippen LogP contribution is -2.72. The van der Waals surface area contributed by atoms with Gasteiger partial charge in [-0.15, -0.1) is 0 Å². The molecule has 2 amide bonds. The molecule has 1 saturated heterocycles. The van der Waals surface area contributed by atoms with Gasteiger partial charge in [-0.1, -0.05) is 18.2 Å². The summed E-state index contributed by atoms with van der Waals surface area (Å²) >= 11 is 0. The average molecular weight is 320 g/mol. The van der Waals surface area contributed by atoms with E-state index in [0.29, 0.717) is 11.3 Å².